The zero-order valence-corrected chi connectivity index (χ0v) is 21.3. The van der Waals surface area contributed by atoms with Gasteiger partial charge in [0.15, 0.2) is 5.78 Å². The standard InChI is InChI=1S/C33H30O6/c34-25-14-9-22(10-15-25)7-4-8-24-19-27-30(39-33(24)23-12-16-26(35)17-13-23)20-29(37)31(32(27)38)28(36)18-11-21-5-2-1-3-6-21/h1-7,9-10,12-17,20,24,33-35,37-38H,8,11,18-19H2/b7-4+/t24-,33+/m1/s1. The summed E-state index contributed by atoms with van der Waals surface area (Å²) in [5.41, 5.74) is 3.21. The molecule has 0 radical (unpaired) electrons. The largest absolute Gasteiger partial charge is 0.508 e. The number of hydrogen-bond donors (Lipinski definition) is 4. The van der Waals surface area contributed by atoms with Crippen molar-refractivity contribution < 1.29 is 30.0 Å². The van der Waals surface area contributed by atoms with Crippen molar-refractivity contribution >= 4 is 11.9 Å². The average Bonchev–Trinajstić information content (AvgIpc) is 2.94. The van der Waals surface area contributed by atoms with Gasteiger partial charge in [-0.1, -0.05) is 66.7 Å². The van der Waals surface area contributed by atoms with Crippen LogP contribution in [0.4, 0.5) is 0 Å². The van der Waals surface area contributed by atoms with Crippen molar-refractivity contribution in [2.45, 2.75) is 31.8 Å². The summed E-state index contributed by atoms with van der Waals surface area (Å²) in [5.74, 6) is -0.294. The highest BCUT2D eigenvalue weighted by Crippen LogP contribution is 2.48. The molecule has 4 aromatic carbocycles. The molecular formula is C33H30O6. The topological polar surface area (TPSA) is 107 Å². The van der Waals surface area contributed by atoms with E-state index in [9.17, 15) is 25.2 Å². The van der Waals surface area contributed by atoms with Crippen LogP contribution in [0.5, 0.6) is 28.7 Å². The molecule has 2 atom stereocenters. The maximum atomic E-state index is 13.1. The summed E-state index contributed by atoms with van der Waals surface area (Å²) in [4.78, 5) is 13.1. The van der Waals surface area contributed by atoms with Crippen LogP contribution in [0.15, 0.2) is 91.0 Å². The molecule has 4 N–H and O–H groups in total. The van der Waals surface area contributed by atoms with Gasteiger partial charge in [-0.15, -0.1) is 0 Å². The Morgan fingerprint density at radius 2 is 1.54 bits per heavy atom. The molecule has 1 heterocycles. The lowest BCUT2D eigenvalue weighted by atomic mass is 9.83. The van der Waals surface area contributed by atoms with Gasteiger partial charge in [0.05, 0.1) is 0 Å². The number of carbonyl (C=O) groups excluding carboxylic acids is 1. The third kappa shape index (κ3) is 5.91. The van der Waals surface area contributed by atoms with Crippen LogP contribution in [-0.4, -0.2) is 26.2 Å². The Kier molecular flexibility index (Phi) is 7.55. The molecule has 0 unspecified atom stereocenters. The maximum absolute atomic E-state index is 13.1. The lowest BCUT2D eigenvalue weighted by molar-refractivity contribution is 0.0972. The van der Waals surface area contributed by atoms with Gasteiger partial charge in [-0.3, -0.25) is 4.79 Å². The van der Waals surface area contributed by atoms with Gasteiger partial charge in [0, 0.05) is 24.0 Å². The first kappa shape index (κ1) is 25.9. The summed E-state index contributed by atoms with van der Waals surface area (Å²) in [6.07, 6.45) is 5.25. The fourth-order valence-electron chi connectivity index (χ4n) is 5.05. The van der Waals surface area contributed by atoms with E-state index in [0.717, 1.165) is 16.7 Å². The Labute approximate surface area is 227 Å². The number of fused-ring (bicyclic) bond motifs is 1. The van der Waals surface area contributed by atoms with Crippen molar-refractivity contribution in [3.63, 3.8) is 0 Å². The van der Waals surface area contributed by atoms with Crippen molar-refractivity contribution in [1.29, 1.82) is 0 Å². The number of rotatable bonds is 8. The molecule has 0 bridgehead atoms. The van der Waals surface area contributed by atoms with E-state index in [2.05, 4.69) is 0 Å². The molecule has 5 rings (SSSR count). The normalized spacial score (nSPS) is 16.5. The molecule has 0 saturated heterocycles. The van der Waals surface area contributed by atoms with Gasteiger partial charge in [0.25, 0.3) is 0 Å². The Morgan fingerprint density at radius 3 is 2.23 bits per heavy atom. The van der Waals surface area contributed by atoms with Crippen LogP contribution in [0.25, 0.3) is 6.08 Å². The van der Waals surface area contributed by atoms with E-state index in [4.69, 9.17) is 4.74 Å². The van der Waals surface area contributed by atoms with E-state index in [0.29, 0.717) is 30.6 Å². The first-order chi connectivity index (χ1) is 18.9. The molecule has 0 aromatic heterocycles. The zero-order valence-electron chi connectivity index (χ0n) is 21.3. The second kappa shape index (κ2) is 11.4. The van der Waals surface area contributed by atoms with Crippen LogP contribution in [0.1, 0.15) is 51.6 Å². The van der Waals surface area contributed by atoms with Crippen molar-refractivity contribution in [3.05, 3.63) is 119 Å². The fraction of sp³-hybridized carbons (Fsp3) is 0.182. The molecule has 198 valence electrons. The summed E-state index contributed by atoms with van der Waals surface area (Å²) in [5, 5.41) is 41.2. The molecular weight excluding hydrogens is 492 g/mol. The van der Waals surface area contributed by atoms with Crippen LogP contribution in [0, 0.1) is 5.92 Å². The number of phenolic OH excluding ortho intramolecular Hbond substituents is 4. The van der Waals surface area contributed by atoms with E-state index in [-0.39, 0.29) is 46.7 Å². The van der Waals surface area contributed by atoms with Gasteiger partial charge >= 0.3 is 0 Å². The number of benzene rings is 4. The van der Waals surface area contributed by atoms with Gasteiger partial charge in [0.1, 0.15) is 40.4 Å². The first-order valence-electron chi connectivity index (χ1n) is 12.9. The van der Waals surface area contributed by atoms with Gasteiger partial charge < -0.3 is 25.2 Å². The van der Waals surface area contributed by atoms with Crippen LogP contribution in [-0.2, 0) is 12.8 Å². The number of allylic oxidation sites excluding steroid dienone is 1. The summed E-state index contributed by atoms with van der Waals surface area (Å²) < 4.78 is 6.33. The summed E-state index contributed by atoms with van der Waals surface area (Å²) in [6, 6.07) is 24.7. The molecule has 0 amide bonds. The summed E-state index contributed by atoms with van der Waals surface area (Å²) >= 11 is 0. The van der Waals surface area contributed by atoms with Crippen LogP contribution in [0.3, 0.4) is 0 Å². The second-order valence-electron chi connectivity index (χ2n) is 9.83. The highest BCUT2D eigenvalue weighted by molar-refractivity contribution is 6.02. The SMILES string of the molecule is O=C(CCc1ccccc1)c1c(O)cc2c(c1O)C[C@@H](C/C=C/c1ccc(O)cc1)[C@H](c1ccc(O)cc1)O2. The van der Waals surface area contributed by atoms with Gasteiger partial charge in [0.2, 0.25) is 0 Å². The molecule has 0 aliphatic carbocycles. The van der Waals surface area contributed by atoms with Gasteiger partial charge in [-0.2, -0.15) is 0 Å². The minimum atomic E-state index is -0.402. The molecule has 0 fully saturated rings. The number of carbonyl (C=O) groups is 1. The lowest BCUT2D eigenvalue weighted by Crippen LogP contribution is -2.26. The Hall–Kier alpha value is -4.71. The second-order valence-corrected chi connectivity index (χ2v) is 9.83. The number of aryl methyl sites for hydroxylation is 1. The summed E-state index contributed by atoms with van der Waals surface area (Å²) in [7, 11) is 0. The quantitative estimate of drug-likeness (QED) is 0.191. The first-order valence-corrected chi connectivity index (χ1v) is 12.9. The molecule has 0 spiro atoms. The molecule has 6 nitrogen and oxygen atoms in total. The highest BCUT2D eigenvalue weighted by atomic mass is 16.5. The number of phenols is 4. The highest BCUT2D eigenvalue weighted by Gasteiger charge is 2.35. The van der Waals surface area contributed by atoms with Crippen molar-refractivity contribution in [3.8, 4) is 28.7 Å². The third-order valence-electron chi connectivity index (χ3n) is 7.12. The van der Waals surface area contributed by atoms with Gasteiger partial charge in [-0.05, 0) is 60.2 Å². The predicted molar refractivity (Wildman–Crippen MR) is 149 cm³/mol. The smallest absolute Gasteiger partial charge is 0.170 e. The Balaban J connectivity index is 1.43. The number of Topliss-reactive ketones (excluding diaryl/α,β-unsaturated/α-hetero) is 1. The summed E-state index contributed by atoms with van der Waals surface area (Å²) in [6.45, 7) is 0. The Morgan fingerprint density at radius 1 is 0.872 bits per heavy atom. The third-order valence-corrected chi connectivity index (χ3v) is 7.12. The zero-order chi connectivity index (χ0) is 27.4. The van der Waals surface area contributed by atoms with E-state index in [1.54, 1.807) is 36.4 Å². The lowest BCUT2D eigenvalue weighted by Gasteiger charge is -2.34. The monoisotopic (exact) mass is 522 g/mol. The fourth-order valence-corrected chi connectivity index (χ4v) is 5.05. The van der Waals surface area contributed by atoms with Crippen molar-refractivity contribution in [2.24, 2.45) is 5.92 Å². The maximum Gasteiger partial charge on any atom is 0.170 e. The molecule has 1 aliphatic heterocycles. The average molecular weight is 523 g/mol. The molecule has 4 aromatic rings. The van der Waals surface area contributed by atoms with E-state index >= 15 is 0 Å². The Bertz CT molecular complexity index is 1470. The molecule has 6 heteroatoms. The van der Waals surface area contributed by atoms with Crippen molar-refractivity contribution in [1.82, 2.24) is 0 Å². The van der Waals surface area contributed by atoms with Crippen LogP contribution in [0.2, 0.25) is 0 Å². The minimum Gasteiger partial charge on any atom is -0.508 e. The van der Waals surface area contributed by atoms with E-state index in [1.165, 1.54) is 6.07 Å². The number of ketones is 1. The van der Waals surface area contributed by atoms with Crippen molar-refractivity contribution in [2.75, 3.05) is 0 Å². The van der Waals surface area contributed by atoms with E-state index < -0.39 is 6.10 Å². The van der Waals surface area contributed by atoms with Gasteiger partial charge in [-0.25, -0.2) is 0 Å². The van der Waals surface area contributed by atoms with Crippen LogP contribution >= 0.6 is 0 Å². The number of hydrogen-bond acceptors (Lipinski definition) is 6. The molecule has 0 saturated carbocycles. The number of ether oxygens (including phenoxy) is 1. The minimum absolute atomic E-state index is 0.0743. The number of aromatic hydroxyl groups is 4. The van der Waals surface area contributed by atoms with Crippen LogP contribution < -0.4 is 4.74 Å². The van der Waals surface area contributed by atoms with E-state index in [1.807, 2.05) is 54.6 Å². The predicted octanol–water partition coefficient (Wildman–Crippen LogP) is 6.72. The molecule has 1 aliphatic rings. The molecule has 39 heavy (non-hydrogen) atoms.